The van der Waals surface area contributed by atoms with Gasteiger partial charge in [0.1, 0.15) is 6.29 Å². The molecule has 3 atom stereocenters. The number of benzene rings is 1. The zero-order valence-electron chi connectivity index (χ0n) is 16.7. The Balaban J connectivity index is 1.29. The largest absolute Gasteiger partial charge is 0.377 e. The highest BCUT2D eigenvalue weighted by atomic mass is 19.2. The van der Waals surface area contributed by atoms with Crippen molar-refractivity contribution in [2.75, 3.05) is 6.61 Å². The van der Waals surface area contributed by atoms with Crippen LogP contribution in [0.4, 0.5) is 13.2 Å². The number of carbonyl (C=O) groups excluding carboxylic acids is 1. The van der Waals surface area contributed by atoms with Crippen molar-refractivity contribution in [2.45, 2.75) is 63.9 Å². The number of aldehydes is 1. The first kappa shape index (κ1) is 20.6. The molecule has 1 aromatic carbocycles. The summed E-state index contributed by atoms with van der Waals surface area (Å²) in [6, 6.07) is 2.21. The summed E-state index contributed by atoms with van der Waals surface area (Å²) in [5, 5.41) is 0. The first-order valence-electron chi connectivity index (χ1n) is 11.0. The SMILES string of the molecule is O=CC1CCC(C2CCC(C3CC=C(c4cc(F)c(F)c(F)c4)CC3)CC2)OC1. The summed E-state index contributed by atoms with van der Waals surface area (Å²) in [5.74, 6) is -1.65. The summed E-state index contributed by atoms with van der Waals surface area (Å²) in [6.45, 7) is 0.578. The molecule has 0 amide bonds. The van der Waals surface area contributed by atoms with E-state index in [1.807, 2.05) is 0 Å². The van der Waals surface area contributed by atoms with Crippen LogP contribution in [-0.2, 0) is 9.53 Å². The van der Waals surface area contributed by atoms with Gasteiger partial charge < -0.3 is 9.53 Å². The lowest BCUT2D eigenvalue weighted by Crippen LogP contribution is -2.35. The maximum atomic E-state index is 13.5. The Hall–Kier alpha value is -1.62. The average Bonchev–Trinajstić information content (AvgIpc) is 2.77. The topological polar surface area (TPSA) is 26.3 Å². The Morgan fingerprint density at radius 2 is 1.55 bits per heavy atom. The van der Waals surface area contributed by atoms with Crippen LogP contribution in [0.15, 0.2) is 18.2 Å². The van der Waals surface area contributed by atoms with Crippen LogP contribution < -0.4 is 0 Å². The summed E-state index contributed by atoms with van der Waals surface area (Å²) in [4.78, 5) is 10.9. The molecule has 0 spiro atoms. The van der Waals surface area contributed by atoms with Crippen molar-refractivity contribution in [1.29, 1.82) is 0 Å². The summed E-state index contributed by atoms with van der Waals surface area (Å²) < 4.78 is 46.2. The van der Waals surface area contributed by atoms with Crippen LogP contribution in [0.1, 0.15) is 63.4 Å². The van der Waals surface area contributed by atoms with Crippen LogP contribution in [0, 0.1) is 41.1 Å². The minimum absolute atomic E-state index is 0.0777. The Bertz CT molecular complexity index is 736. The molecule has 1 aromatic rings. The van der Waals surface area contributed by atoms with Gasteiger partial charge in [0, 0.05) is 5.92 Å². The van der Waals surface area contributed by atoms with E-state index in [0.29, 0.717) is 36.0 Å². The van der Waals surface area contributed by atoms with Gasteiger partial charge in [0.2, 0.25) is 0 Å². The van der Waals surface area contributed by atoms with Crippen LogP contribution in [0.5, 0.6) is 0 Å². The molecule has 2 fully saturated rings. The molecule has 0 aromatic heterocycles. The second-order valence-corrected chi connectivity index (χ2v) is 9.04. The van der Waals surface area contributed by atoms with Crippen molar-refractivity contribution >= 4 is 11.9 Å². The molecular formula is C24H29F3O2. The van der Waals surface area contributed by atoms with E-state index in [0.717, 1.165) is 56.1 Å². The second kappa shape index (κ2) is 9.03. The number of hydrogen-bond donors (Lipinski definition) is 0. The van der Waals surface area contributed by atoms with Crippen molar-refractivity contribution in [2.24, 2.45) is 23.7 Å². The van der Waals surface area contributed by atoms with Crippen LogP contribution >= 0.6 is 0 Å². The van der Waals surface area contributed by atoms with Crippen molar-refractivity contribution in [3.8, 4) is 0 Å². The van der Waals surface area contributed by atoms with Gasteiger partial charge in [0.15, 0.2) is 17.5 Å². The van der Waals surface area contributed by atoms with Crippen LogP contribution in [-0.4, -0.2) is 19.0 Å². The molecule has 0 N–H and O–H groups in total. The zero-order valence-corrected chi connectivity index (χ0v) is 16.7. The fourth-order valence-corrected chi connectivity index (χ4v) is 5.55. The Morgan fingerprint density at radius 1 is 0.862 bits per heavy atom. The number of hydrogen-bond acceptors (Lipinski definition) is 2. The van der Waals surface area contributed by atoms with Gasteiger partial charge >= 0.3 is 0 Å². The maximum absolute atomic E-state index is 13.5. The van der Waals surface area contributed by atoms with E-state index in [9.17, 15) is 18.0 Å². The monoisotopic (exact) mass is 406 g/mol. The van der Waals surface area contributed by atoms with Gasteiger partial charge in [-0.15, -0.1) is 0 Å². The highest BCUT2D eigenvalue weighted by Crippen LogP contribution is 2.43. The zero-order chi connectivity index (χ0) is 20.4. The standard InChI is InChI=1S/C24H29F3O2/c25-21-11-20(12-22(26)24(21)27)18-4-2-16(3-5-18)17-6-8-19(9-7-17)23-10-1-15(13-28)14-29-23/h4,11-13,15-17,19,23H,1-3,5-10,14H2. The van der Waals surface area contributed by atoms with Crippen LogP contribution in [0.3, 0.4) is 0 Å². The summed E-state index contributed by atoms with van der Waals surface area (Å²) in [7, 11) is 0. The van der Waals surface area contributed by atoms with E-state index < -0.39 is 17.5 Å². The van der Waals surface area contributed by atoms with E-state index in [-0.39, 0.29) is 5.92 Å². The summed E-state index contributed by atoms with van der Waals surface area (Å²) in [6.07, 6.45) is 12.9. The molecule has 0 radical (unpaired) electrons. The lowest BCUT2D eigenvalue weighted by atomic mass is 9.69. The van der Waals surface area contributed by atoms with Gasteiger partial charge in [-0.2, -0.15) is 0 Å². The molecule has 2 nitrogen and oxygen atoms in total. The molecule has 1 heterocycles. The lowest BCUT2D eigenvalue weighted by molar-refractivity contribution is -0.119. The molecule has 2 aliphatic carbocycles. The third-order valence-electron chi connectivity index (χ3n) is 7.35. The van der Waals surface area contributed by atoms with Gasteiger partial charge in [-0.05, 0) is 98.8 Å². The first-order valence-corrected chi connectivity index (χ1v) is 11.0. The Kier molecular flexibility index (Phi) is 6.43. The normalized spacial score (nSPS) is 33.2. The fraction of sp³-hybridized carbons (Fsp3) is 0.625. The molecule has 158 valence electrons. The van der Waals surface area contributed by atoms with Crippen LogP contribution in [0.2, 0.25) is 0 Å². The fourth-order valence-electron chi connectivity index (χ4n) is 5.55. The van der Waals surface area contributed by atoms with Crippen molar-refractivity contribution in [3.05, 3.63) is 41.2 Å². The number of rotatable bonds is 4. The predicted octanol–water partition coefficient (Wildman–Crippen LogP) is 6.09. The Labute approximate surface area is 170 Å². The molecule has 4 rings (SSSR count). The third kappa shape index (κ3) is 4.60. The number of allylic oxidation sites excluding steroid dienone is 2. The van der Waals surface area contributed by atoms with E-state index in [1.165, 1.54) is 25.7 Å². The van der Waals surface area contributed by atoms with Gasteiger partial charge in [0.25, 0.3) is 0 Å². The molecule has 5 heteroatoms. The number of halogens is 3. The van der Waals surface area contributed by atoms with Crippen molar-refractivity contribution in [1.82, 2.24) is 0 Å². The third-order valence-corrected chi connectivity index (χ3v) is 7.35. The number of carbonyl (C=O) groups is 1. The summed E-state index contributed by atoms with van der Waals surface area (Å²) in [5.41, 5.74) is 1.39. The highest BCUT2D eigenvalue weighted by molar-refractivity contribution is 5.66. The van der Waals surface area contributed by atoms with Gasteiger partial charge in [-0.3, -0.25) is 0 Å². The van der Waals surface area contributed by atoms with Gasteiger partial charge in [-0.25, -0.2) is 13.2 Å². The molecular weight excluding hydrogens is 377 g/mol. The maximum Gasteiger partial charge on any atom is 0.194 e. The van der Waals surface area contributed by atoms with E-state index in [1.54, 1.807) is 0 Å². The van der Waals surface area contributed by atoms with E-state index in [2.05, 4.69) is 6.08 Å². The smallest absolute Gasteiger partial charge is 0.194 e. The minimum atomic E-state index is -1.40. The Morgan fingerprint density at radius 3 is 2.10 bits per heavy atom. The molecule has 0 bridgehead atoms. The van der Waals surface area contributed by atoms with Gasteiger partial charge in [-0.1, -0.05) is 6.08 Å². The molecule has 1 saturated heterocycles. The average molecular weight is 406 g/mol. The van der Waals surface area contributed by atoms with Crippen molar-refractivity contribution in [3.63, 3.8) is 0 Å². The summed E-state index contributed by atoms with van der Waals surface area (Å²) >= 11 is 0. The molecule has 3 unspecified atom stereocenters. The quantitative estimate of drug-likeness (QED) is 0.447. The molecule has 1 aliphatic heterocycles. The molecule has 1 saturated carbocycles. The van der Waals surface area contributed by atoms with Gasteiger partial charge in [0.05, 0.1) is 12.7 Å². The second-order valence-electron chi connectivity index (χ2n) is 9.04. The highest BCUT2D eigenvalue weighted by Gasteiger charge is 2.34. The van der Waals surface area contributed by atoms with Crippen molar-refractivity contribution < 1.29 is 22.7 Å². The minimum Gasteiger partial charge on any atom is -0.377 e. The molecule has 3 aliphatic rings. The predicted molar refractivity (Wildman–Crippen MR) is 106 cm³/mol. The van der Waals surface area contributed by atoms with E-state index >= 15 is 0 Å². The lowest BCUT2D eigenvalue weighted by Gasteiger charge is -2.39. The molecule has 29 heavy (non-hydrogen) atoms. The van der Waals surface area contributed by atoms with Crippen LogP contribution in [0.25, 0.3) is 5.57 Å². The number of ether oxygens (including phenoxy) is 1. The first-order chi connectivity index (χ1) is 14.0. The van der Waals surface area contributed by atoms with E-state index in [4.69, 9.17) is 4.74 Å².